The van der Waals surface area contributed by atoms with Gasteiger partial charge in [-0.2, -0.15) is 0 Å². The molecule has 5 nitrogen and oxygen atoms in total. The summed E-state index contributed by atoms with van der Waals surface area (Å²) in [5.41, 5.74) is 4.17. The number of benzene rings is 1. The standard InChI is InChI=1S/C15H18BrN3O2/c1-4-18-10(2)7-12(11(18)3)9-17-14-6-5-13(16)8-15(14)19(20)21/h5-8,17H,4,9H2,1-3H3. The molecular weight excluding hydrogens is 334 g/mol. The van der Waals surface area contributed by atoms with Crippen molar-refractivity contribution in [2.75, 3.05) is 5.32 Å². The molecule has 0 unspecified atom stereocenters. The lowest BCUT2D eigenvalue weighted by Gasteiger charge is -2.09. The van der Waals surface area contributed by atoms with Crippen LogP contribution in [-0.2, 0) is 13.1 Å². The van der Waals surface area contributed by atoms with Crippen LogP contribution in [0.3, 0.4) is 0 Å². The number of nitro groups is 1. The lowest BCUT2D eigenvalue weighted by atomic mass is 10.2. The monoisotopic (exact) mass is 351 g/mol. The fraction of sp³-hybridized carbons (Fsp3) is 0.333. The minimum Gasteiger partial charge on any atom is -0.375 e. The van der Waals surface area contributed by atoms with Crippen LogP contribution in [-0.4, -0.2) is 9.49 Å². The molecule has 2 aromatic rings. The van der Waals surface area contributed by atoms with Gasteiger partial charge in [-0.15, -0.1) is 0 Å². The first-order valence-electron chi connectivity index (χ1n) is 6.77. The van der Waals surface area contributed by atoms with Crippen molar-refractivity contribution in [3.8, 4) is 0 Å². The van der Waals surface area contributed by atoms with Crippen LogP contribution in [0.5, 0.6) is 0 Å². The van der Waals surface area contributed by atoms with Crippen LogP contribution in [0.15, 0.2) is 28.7 Å². The molecule has 0 atom stereocenters. The molecular formula is C15H18BrN3O2. The molecule has 21 heavy (non-hydrogen) atoms. The maximum absolute atomic E-state index is 11.1. The number of anilines is 1. The average Bonchev–Trinajstić information content (AvgIpc) is 2.71. The van der Waals surface area contributed by atoms with Crippen LogP contribution in [0.25, 0.3) is 0 Å². The summed E-state index contributed by atoms with van der Waals surface area (Å²) in [6, 6.07) is 7.15. The molecule has 0 fully saturated rings. The van der Waals surface area contributed by atoms with Gasteiger partial charge in [0.2, 0.25) is 0 Å². The van der Waals surface area contributed by atoms with Crippen molar-refractivity contribution in [1.29, 1.82) is 0 Å². The third-order valence-electron chi connectivity index (χ3n) is 3.62. The zero-order valence-electron chi connectivity index (χ0n) is 12.3. The van der Waals surface area contributed by atoms with Gasteiger partial charge in [0.25, 0.3) is 5.69 Å². The molecule has 0 saturated heterocycles. The minimum absolute atomic E-state index is 0.0775. The van der Waals surface area contributed by atoms with E-state index >= 15 is 0 Å². The van der Waals surface area contributed by atoms with E-state index in [0.717, 1.165) is 12.1 Å². The number of nitrogens with zero attached hydrogens (tertiary/aromatic N) is 2. The van der Waals surface area contributed by atoms with Gasteiger partial charge >= 0.3 is 0 Å². The van der Waals surface area contributed by atoms with E-state index in [2.05, 4.69) is 52.7 Å². The predicted octanol–water partition coefficient (Wildman–Crippen LogP) is 4.41. The number of rotatable bonds is 5. The number of nitrogens with one attached hydrogen (secondary N) is 1. The molecule has 1 aromatic carbocycles. The molecule has 0 amide bonds. The highest BCUT2D eigenvalue weighted by molar-refractivity contribution is 9.10. The smallest absolute Gasteiger partial charge is 0.293 e. The van der Waals surface area contributed by atoms with Crippen molar-refractivity contribution >= 4 is 27.3 Å². The topological polar surface area (TPSA) is 60.1 Å². The predicted molar refractivity (Wildman–Crippen MR) is 87.7 cm³/mol. The Hall–Kier alpha value is -1.82. The van der Waals surface area contributed by atoms with E-state index in [0.29, 0.717) is 16.7 Å². The summed E-state index contributed by atoms with van der Waals surface area (Å²) in [5, 5.41) is 14.3. The Labute approximate surface area is 132 Å². The third-order valence-corrected chi connectivity index (χ3v) is 4.11. The molecule has 0 aliphatic rings. The lowest BCUT2D eigenvalue weighted by Crippen LogP contribution is -2.04. The van der Waals surface area contributed by atoms with Crippen LogP contribution in [0, 0.1) is 24.0 Å². The second-order valence-electron chi connectivity index (χ2n) is 4.91. The van der Waals surface area contributed by atoms with E-state index in [-0.39, 0.29) is 10.6 Å². The van der Waals surface area contributed by atoms with Gasteiger partial charge in [-0.1, -0.05) is 15.9 Å². The summed E-state index contributed by atoms with van der Waals surface area (Å²) in [6.07, 6.45) is 0. The second kappa shape index (κ2) is 6.30. The summed E-state index contributed by atoms with van der Waals surface area (Å²) in [4.78, 5) is 10.7. The molecule has 0 spiro atoms. The van der Waals surface area contributed by atoms with E-state index < -0.39 is 0 Å². The van der Waals surface area contributed by atoms with Crippen molar-refractivity contribution < 1.29 is 4.92 Å². The van der Waals surface area contributed by atoms with E-state index in [1.807, 2.05) is 0 Å². The number of aromatic nitrogens is 1. The van der Waals surface area contributed by atoms with Gasteiger partial charge in [-0.3, -0.25) is 10.1 Å². The van der Waals surface area contributed by atoms with Gasteiger partial charge in [0.1, 0.15) is 5.69 Å². The SMILES string of the molecule is CCn1c(C)cc(CNc2ccc(Br)cc2[N+](=O)[O-])c1C. The molecule has 2 rings (SSSR count). The molecule has 0 saturated carbocycles. The molecule has 112 valence electrons. The lowest BCUT2D eigenvalue weighted by molar-refractivity contribution is -0.384. The van der Waals surface area contributed by atoms with E-state index in [1.165, 1.54) is 17.5 Å². The molecule has 0 aliphatic heterocycles. The Balaban J connectivity index is 2.23. The first kappa shape index (κ1) is 15.6. The van der Waals surface area contributed by atoms with Gasteiger partial charge in [-0.05, 0) is 44.5 Å². The Bertz CT molecular complexity index is 680. The summed E-state index contributed by atoms with van der Waals surface area (Å²) >= 11 is 3.26. The highest BCUT2D eigenvalue weighted by atomic mass is 79.9. The summed E-state index contributed by atoms with van der Waals surface area (Å²) in [7, 11) is 0. The number of halogens is 1. The fourth-order valence-electron chi connectivity index (χ4n) is 2.53. The van der Waals surface area contributed by atoms with Crippen LogP contribution in [0.2, 0.25) is 0 Å². The van der Waals surface area contributed by atoms with Crippen molar-refractivity contribution in [1.82, 2.24) is 4.57 Å². The summed E-state index contributed by atoms with van der Waals surface area (Å²) in [6.45, 7) is 7.75. The molecule has 0 bridgehead atoms. The first-order chi connectivity index (χ1) is 9.93. The fourth-order valence-corrected chi connectivity index (χ4v) is 2.88. The van der Waals surface area contributed by atoms with Gasteiger partial charge in [0.05, 0.1) is 4.92 Å². The Morgan fingerprint density at radius 2 is 2.05 bits per heavy atom. The second-order valence-corrected chi connectivity index (χ2v) is 5.83. The largest absolute Gasteiger partial charge is 0.375 e. The number of aryl methyl sites for hydroxylation is 1. The molecule has 6 heteroatoms. The average molecular weight is 352 g/mol. The number of nitro benzene ring substituents is 1. The van der Waals surface area contributed by atoms with E-state index in [1.54, 1.807) is 12.1 Å². The summed E-state index contributed by atoms with van der Waals surface area (Å²) < 4.78 is 2.93. The van der Waals surface area contributed by atoms with Crippen LogP contribution in [0.1, 0.15) is 23.9 Å². The van der Waals surface area contributed by atoms with Crippen LogP contribution < -0.4 is 5.32 Å². The van der Waals surface area contributed by atoms with Crippen molar-refractivity contribution in [2.45, 2.75) is 33.9 Å². The Kier molecular flexibility index (Phi) is 4.67. The van der Waals surface area contributed by atoms with Gasteiger partial charge in [-0.25, -0.2) is 0 Å². The zero-order valence-corrected chi connectivity index (χ0v) is 13.9. The highest BCUT2D eigenvalue weighted by Crippen LogP contribution is 2.28. The van der Waals surface area contributed by atoms with Crippen LogP contribution in [0.4, 0.5) is 11.4 Å². The molecule has 0 aliphatic carbocycles. The normalized spacial score (nSPS) is 10.7. The third kappa shape index (κ3) is 3.26. The Morgan fingerprint density at radius 1 is 1.33 bits per heavy atom. The maximum atomic E-state index is 11.1. The van der Waals surface area contributed by atoms with Crippen molar-refractivity contribution in [3.05, 3.63) is 55.8 Å². The zero-order chi connectivity index (χ0) is 15.6. The molecule has 1 aromatic heterocycles. The van der Waals surface area contributed by atoms with Crippen molar-refractivity contribution in [3.63, 3.8) is 0 Å². The molecule has 1 heterocycles. The quantitative estimate of drug-likeness (QED) is 0.641. The van der Waals surface area contributed by atoms with Gasteiger partial charge < -0.3 is 9.88 Å². The minimum atomic E-state index is -0.373. The van der Waals surface area contributed by atoms with Gasteiger partial charge in [0, 0.05) is 35.0 Å². The Morgan fingerprint density at radius 3 is 2.62 bits per heavy atom. The van der Waals surface area contributed by atoms with E-state index in [4.69, 9.17) is 0 Å². The van der Waals surface area contributed by atoms with E-state index in [9.17, 15) is 10.1 Å². The first-order valence-corrected chi connectivity index (χ1v) is 7.56. The highest BCUT2D eigenvalue weighted by Gasteiger charge is 2.15. The van der Waals surface area contributed by atoms with Crippen LogP contribution >= 0.6 is 15.9 Å². The number of hydrogen-bond donors (Lipinski definition) is 1. The molecule has 1 N–H and O–H groups in total. The van der Waals surface area contributed by atoms with Gasteiger partial charge in [0.15, 0.2) is 0 Å². The van der Waals surface area contributed by atoms with Crippen molar-refractivity contribution in [2.24, 2.45) is 0 Å². The maximum Gasteiger partial charge on any atom is 0.293 e. The molecule has 0 radical (unpaired) electrons. The number of hydrogen-bond acceptors (Lipinski definition) is 3. The summed E-state index contributed by atoms with van der Waals surface area (Å²) in [5.74, 6) is 0.